The van der Waals surface area contributed by atoms with Crippen LogP contribution in [-0.2, 0) is 0 Å². The summed E-state index contributed by atoms with van der Waals surface area (Å²) in [6.45, 7) is 8.40. The van der Waals surface area contributed by atoms with Gasteiger partial charge in [-0.2, -0.15) is 8.78 Å². The number of rotatable bonds is 1. The molecule has 0 bridgehead atoms. The summed E-state index contributed by atoms with van der Waals surface area (Å²) in [5.74, 6) is 0. The zero-order valence-corrected chi connectivity index (χ0v) is 12.6. The Morgan fingerprint density at radius 1 is 1.11 bits per heavy atom. The number of aliphatic hydroxyl groups is 1. The first-order valence-corrected chi connectivity index (χ1v) is 7.54. The predicted octanol–water partition coefficient (Wildman–Crippen LogP) is 3.95. The Bertz CT molecular complexity index is 335. The predicted molar refractivity (Wildman–Crippen MR) is 74.3 cm³/mol. The summed E-state index contributed by atoms with van der Waals surface area (Å²) in [6, 6.07) is 0. The third kappa shape index (κ3) is 2.70. The Kier molecular flexibility index (Phi) is 5.51. The van der Waals surface area contributed by atoms with E-state index in [1.807, 2.05) is 27.7 Å². The topological polar surface area (TPSA) is 23.5 Å². The molecule has 0 aromatic carbocycles. The third-order valence-electron chi connectivity index (χ3n) is 4.48. The summed E-state index contributed by atoms with van der Waals surface area (Å²) in [6.07, 6.45) is 3.03. The molecule has 2 saturated heterocycles. The fraction of sp³-hybridized carbons (Fsp3) is 0.867. The van der Waals surface area contributed by atoms with E-state index in [-0.39, 0.29) is 23.3 Å². The molecule has 3 fully saturated rings. The van der Waals surface area contributed by atoms with Crippen molar-refractivity contribution in [3.63, 3.8) is 0 Å². The van der Waals surface area contributed by atoms with E-state index in [4.69, 9.17) is 0 Å². The number of aliphatic hydroxyl groups excluding tert-OH is 1. The molecule has 2 heterocycles. The van der Waals surface area contributed by atoms with Crippen molar-refractivity contribution in [1.82, 2.24) is 4.90 Å². The van der Waals surface area contributed by atoms with Crippen molar-refractivity contribution < 1.29 is 13.9 Å². The molecular weight excluding hydrogens is 248 g/mol. The van der Waals surface area contributed by atoms with Gasteiger partial charge in [-0.05, 0) is 32.1 Å². The lowest BCUT2D eigenvalue weighted by molar-refractivity contribution is 0.0707. The number of hydrogen-bond acceptors (Lipinski definition) is 2. The first-order valence-electron chi connectivity index (χ1n) is 7.54. The van der Waals surface area contributed by atoms with Crippen LogP contribution in [0.5, 0.6) is 0 Å². The number of nitrogens with zero attached hydrogens (tertiary/aromatic N) is 1. The molecule has 1 atom stereocenters. The second-order valence-electron chi connectivity index (χ2n) is 5.23. The lowest BCUT2D eigenvalue weighted by atomic mass is 9.93. The molecule has 1 saturated carbocycles. The Morgan fingerprint density at radius 2 is 1.63 bits per heavy atom. The Balaban J connectivity index is 0.000000415. The Hall–Kier alpha value is -0.480. The third-order valence-corrected chi connectivity index (χ3v) is 4.48. The van der Waals surface area contributed by atoms with E-state index in [1.165, 1.54) is 0 Å². The smallest absolute Gasteiger partial charge is 0.270 e. The van der Waals surface area contributed by atoms with Crippen LogP contribution in [0.2, 0.25) is 0 Å². The quantitative estimate of drug-likeness (QED) is 0.783. The van der Waals surface area contributed by atoms with Crippen LogP contribution in [-0.4, -0.2) is 34.2 Å². The Labute approximate surface area is 115 Å². The van der Waals surface area contributed by atoms with Crippen molar-refractivity contribution in [2.45, 2.75) is 70.9 Å². The molecule has 0 aromatic rings. The van der Waals surface area contributed by atoms with Crippen molar-refractivity contribution in [2.24, 2.45) is 0 Å². The van der Waals surface area contributed by atoms with E-state index in [2.05, 4.69) is 4.90 Å². The molecule has 2 aliphatic heterocycles. The average molecular weight is 275 g/mol. The highest BCUT2D eigenvalue weighted by Crippen LogP contribution is 2.59. The molecule has 3 aliphatic rings. The molecule has 1 spiro atoms. The molecule has 19 heavy (non-hydrogen) atoms. The van der Waals surface area contributed by atoms with Gasteiger partial charge in [0.15, 0.2) is 0 Å². The highest BCUT2D eigenvalue weighted by Gasteiger charge is 2.63. The van der Waals surface area contributed by atoms with E-state index in [0.29, 0.717) is 13.0 Å². The van der Waals surface area contributed by atoms with Gasteiger partial charge in [0.1, 0.15) is 0 Å². The molecule has 1 aliphatic carbocycles. The molecule has 1 N–H and O–H groups in total. The highest BCUT2D eigenvalue weighted by molar-refractivity contribution is 5.28. The summed E-state index contributed by atoms with van der Waals surface area (Å²) in [5.41, 5.74) is 0.0740. The monoisotopic (exact) mass is 275 g/mol. The molecule has 0 amide bonds. The van der Waals surface area contributed by atoms with Crippen LogP contribution in [0.15, 0.2) is 11.7 Å². The normalized spacial score (nSPS) is 30.2. The lowest BCUT2D eigenvalue weighted by Gasteiger charge is -2.32. The number of fused-ring (bicyclic) bond motifs is 2. The molecule has 1 unspecified atom stereocenters. The van der Waals surface area contributed by atoms with Gasteiger partial charge in [-0.3, -0.25) is 4.90 Å². The largest absolute Gasteiger partial charge is 0.394 e. The zero-order chi connectivity index (χ0) is 14.7. The Morgan fingerprint density at radius 3 is 2.05 bits per heavy atom. The second-order valence-corrected chi connectivity index (χ2v) is 5.23. The van der Waals surface area contributed by atoms with Gasteiger partial charge in [-0.1, -0.05) is 27.7 Å². The summed E-state index contributed by atoms with van der Waals surface area (Å²) >= 11 is 0. The zero-order valence-electron chi connectivity index (χ0n) is 12.6. The fourth-order valence-corrected chi connectivity index (χ4v) is 3.41. The maximum atomic E-state index is 12.6. The van der Waals surface area contributed by atoms with Gasteiger partial charge in [0, 0.05) is 23.2 Å². The van der Waals surface area contributed by atoms with Crippen molar-refractivity contribution in [3.8, 4) is 0 Å². The van der Waals surface area contributed by atoms with Gasteiger partial charge in [-0.15, -0.1) is 0 Å². The minimum absolute atomic E-state index is 0.0194. The van der Waals surface area contributed by atoms with Crippen LogP contribution in [0.3, 0.4) is 0 Å². The molecular formula is C15H27F2NO. The first-order chi connectivity index (χ1) is 9.12. The molecule has 4 heteroatoms. The second kappa shape index (κ2) is 6.31. The summed E-state index contributed by atoms with van der Waals surface area (Å²) in [5, 5.41) is 9.48. The molecule has 2 nitrogen and oxygen atoms in total. The van der Waals surface area contributed by atoms with Crippen LogP contribution in [0.25, 0.3) is 0 Å². The van der Waals surface area contributed by atoms with Gasteiger partial charge in [0.05, 0.1) is 6.61 Å². The van der Waals surface area contributed by atoms with Crippen molar-refractivity contribution >= 4 is 0 Å². The maximum absolute atomic E-state index is 12.6. The molecule has 0 radical (unpaired) electrons. The van der Waals surface area contributed by atoms with Crippen molar-refractivity contribution in [1.29, 1.82) is 0 Å². The van der Waals surface area contributed by atoms with E-state index in [1.54, 1.807) is 0 Å². The van der Waals surface area contributed by atoms with Gasteiger partial charge < -0.3 is 5.11 Å². The molecule has 112 valence electrons. The molecule has 3 rings (SSSR count). The van der Waals surface area contributed by atoms with Gasteiger partial charge >= 0.3 is 0 Å². The van der Waals surface area contributed by atoms with Crippen LogP contribution in [0, 0.1) is 0 Å². The van der Waals surface area contributed by atoms with Gasteiger partial charge in [-0.25, -0.2) is 0 Å². The summed E-state index contributed by atoms with van der Waals surface area (Å²) in [7, 11) is 0. The van der Waals surface area contributed by atoms with Crippen molar-refractivity contribution in [3.05, 3.63) is 11.7 Å². The summed E-state index contributed by atoms with van der Waals surface area (Å²) in [4.78, 5) is 2.16. The fourth-order valence-electron chi connectivity index (χ4n) is 3.41. The van der Waals surface area contributed by atoms with E-state index in [9.17, 15) is 13.9 Å². The maximum Gasteiger partial charge on any atom is 0.270 e. The van der Waals surface area contributed by atoms with E-state index >= 15 is 0 Å². The van der Waals surface area contributed by atoms with E-state index < -0.39 is 6.08 Å². The van der Waals surface area contributed by atoms with Crippen molar-refractivity contribution in [2.75, 3.05) is 13.2 Å². The first kappa shape index (κ1) is 16.6. The summed E-state index contributed by atoms with van der Waals surface area (Å²) < 4.78 is 25.2. The average Bonchev–Trinajstić information content (AvgIpc) is 3.04. The van der Waals surface area contributed by atoms with E-state index in [0.717, 1.165) is 25.7 Å². The van der Waals surface area contributed by atoms with Crippen LogP contribution in [0.4, 0.5) is 8.78 Å². The number of halogens is 2. The van der Waals surface area contributed by atoms with Crippen LogP contribution in [0.1, 0.15) is 59.8 Å². The van der Waals surface area contributed by atoms with Gasteiger partial charge in [0.2, 0.25) is 0 Å². The minimum atomic E-state index is -1.53. The minimum Gasteiger partial charge on any atom is -0.394 e. The standard InChI is InChI=1S/C11H15F2NO.2C2H6/c12-9(13)8-5-11(7-15)4-3-10(1-2-10)14(11)6-8;2*1-2/h15H,1-7H2;2*1-2H3. The van der Waals surface area contributed by atoms with Crippen LogP contribution < -0.4 is 0 Å². The highest BCUT2D eigenvalue weighted by atomic mass is 19.3. The number of hydrogen-bond donors (Lipinski definition) is 1. The van der Waals surface area contributed by atoms with Crippen LogP contribution >= 0.6 is 0 Å². The SMILES string of the molecule is CC.CC.OCC12CCC3(CC3)N1CC(=C(F)F)C2. The van der Waals surface area contributed by atoms with Gasteiger partial charge in [0.25, 0.3) is 6.08 Å². The lowest BCUT2D eigenvalue weighted by Crippen LogP contribution is -2.46. The molecule has 0 aromatic heterocycles.